The van der Waals surface area contributed by atoms with Crippen LogP contribution in [0.1, 0.15) is 13.3 Å². The van der Waals surface area contributed by atoms with E-state index in [1.165, 1.54) is 0 Å². The van der Waals surface area contributed by atoms with E-state index in [1.54, 1.807) is 0 Å². The molecule has 1 unspecified atom stereocenters. The van der Waals surface area contributed by atoms with Crippen molar-refractivity contribution in [1.82, 2.24) is 0 Å². The summed E-state index contributed by atoms with van der Waals surface area (Å²) in [5.74, 6) is 1.90. The van der Waals surface area contributed by atoms with E-state index in [-0.39, 0.29) is 16.1 Å². The van der Waals surface area contributed by atoms with E-state index in [4.69, 9.17) is 16.3 Å². The summed E-state index contributed by atoms with van der Waals surface area (Å²) in [4.78, 5) is 0. The van der Waals surface area contributed by atoms with Gasteiger partial charge in [0.25, 0.3) is 0 Å². The first kappa shape index (κ1) is 8.53. The van der Waals surface area contributed by atoms with E-state index in [0.29, 0.717) is 0 Å². The van der Waals surface area contributed by atoms with Gasteiger partial charge < -0.3 is 5.11 Å². The summed E-state index contributed by atoms with van der Waals surface area (Å²) in [6.07, 6.45) is 1.15. The van der Waals surface area contributed by atoms with Gasteiger partial charge in [0.2, 0.25) is 0 Å². The maximum absolute atomic E-state index is 8.40. The van der Waals surface area contributed by atoms with Crippen molar-refractivity contribution < 1.29 is 5.11 Å². The Kier molecular flexibility index (Phi) is 6.04. The third-order valence-corrected chi connectivity index (χ3v) is 3.25. The van der Waals surface area contributed by atoms with Crippen molar-refractivity contribution in [2.24, 2.45) is 0 Å². The molecule has 0 aliphatic carbocycles. The summed E-state index contributed by atoms with van der Waals surface area (Å²) in [6, 6.07) is 0. The highest BCUT2D eigenvalue weighted by Crippen LogP contribution is 1.85. The number of aliphatic hydroxyl groups excluding tert-OH is 1. The van der Waals surface area contributed by atoms with E-state index in [2.05, 4.69) is 6.92 Å². The minimum absolute atomic E-state index is 0.0633. The largest absolute Gasteiger partial charge is 0.396 e. The van der Waals surface area contributed by atoms with Crippen LogP contribution < -0.4 is 0 Å². The second kappa shape index (κ2) is 5.66. The van der Waals surface area contributed by atoms with E-state index < -0.39 is 0 Å². The lowest BCUT2D eigenvalue weighted by atomic mass is 10.6. The monoisotopic (exact) mass is 152 g/mol. The Morgan fingerprint density at radius 2 is 2.12 bits per heavy atom. The van der Waals surface area contributed by atoms with Gasteiger partial charge >= 0.3 is 0 Å². The van der Waals surface area contributed by atoms with Crippen molar-refractivity contribution in [3.8, 4) is 0 Å². The smallest absolute Gasteiger partial charge is 0.0524 e. The van der Waals surface area contributed by atoms with Crippen LogP contribution in [0.4, 0.5) is 0 Å². The number of aliphatic hydroxyl groups is 1. The van der Waals surface area contributed by atoms with Gasteiger partial charge in [-0.25, -0.2) is 0 Å². The van der Waals surface area contributed by atoms with Gasteiger partial charge in [-0.1, -0.05) is 18.1 Å². The highest BCUT2D eigenvalue weighted by Gasteiger charge is 1.88. The zero-order chi connectivity index (χ0) is 6.41. The molecule has 1 atom stereocenters. The van der Waals surface area contributed by atoms with Crippen LogP contribution in [-0.2, 0) is 20.6 Å². The van der Waals surface area contributed by atoms with Crippen LogP contribution in [0.5, 0.6) is 0 Å². The lowest BCUT2D eigenvalue weighted by Gasteiger charge is -1.97. The van der Waals surface area contributed by atoms with Gasteiger partial charge in [-0.2, -0.15) is 0 Å². The second-order valence-electron chi connectivity index (χ2n) is 1.57. The topological polar surface area (TPSA) is 20.2 Å². The Bertz CT molecular complexity index is 64.8. The predicted octanol–water partition coefficient (Wildman–Crippen LogP) is 0.469. The van der Waals surface area contributed by atoms with Crippen LogP contribution >= 0.6 is 0 Å². The normalized spacial score (nSPS) is 13.8. The summed E-state index contributed by atoms with van der Waals surface area (Å²) in [6.45, 7) is 2.37. The Morgan fingerprint density at radius 1 is 1.50 bits per heavy atom. The van der Waals surface area contributed by atoms with Crippen molar-refractivity contribution in [3.63, 3.8) is 0 Å². The molecule has 1 N–H and O–H groups in total. The fourth-order valence-electron chi connectivity index (χ4n) is 0.432. The molecule has 0 amide bonds. The molecule has 0 rings (SSSR count). The minimum Gasteiger partial charge on any atom is -0.396 e. The third-order valence-electron chi connectivity index (χ3n) is 0.751. The number of hydrogen-bond acceptors (Lipinski definition) is 2. The van der Waals surface area contributed by atoms with Crippen LogP contribution in [-0.4, -0.2) is 23.2 Å². The van der Waals surface area contributed by atoms with Gasteiger partial charge in [-0.15, -0.1) is 9.45 Å². The lowest BCUT2D eigenvalue weighted by Crippen LogP contribution is -2.03. The molecule has 0 saturated carbocycles. The molecule has 1 nitrogen and oxygen atoms in total. The Labute approximate surface area is 57.7 Å². The fourth-order valence-corrected chi connectivity index (χ4v) is 2.02. The van der Waals surface area contributed by atoms with Crippen molar-refractivity contribution in [1.29, 1.82) is 0 Å². The second-order valence-corrected chi connectivity index (χ2v) is 4.68. The summed E-state index contributed by atoms with van der Waals surface area (Å²) in [5, 5.41) is 8.40. The average Bonchev–Trinajstić information content (AvgIpc) is 1.68. The first-order valence-corrected chi connectivity index (χ1v) is 5.26. The van der Waals surface area contributed by atoms with Crippen molar-refractivity contribution >= 4 is 20.6 Å². The van der Waals surface area contributed by atoms with Gasteiger partial charge in [-0.05, 0) is 12.2 Å². The van der Waals surface area contributed by atoms with E-state index in [0.717, 1.165) is 17.9 Å². The van der Waals surface area contributed by atoms with Crippen LogP contribution in [0.15, 0.2) is 0 Å². The number of rotatable bonds is 4. The molecule has 0 saturated heterocycles. The predicted molar refractivity (Wildman–Crippen MR) is 41.8 cm³/mol. The lowest BCUT2D eigenvalue weighted by molar-refractivity contribution is 0.322. The molecule has 0 aliphatic heterocycles. The molecule has 8 heavy (non-hydrogen) atoms. The highest BCUT2D eigenvalue weighted by atomic mass is 32.8. The van der Waals surface area contributed by atoms with Crippen molar-refractivity contribution in [2.45, 2.75) is 13.3 Å². The van der Waals surface area contributed by atoms with Gasteiger partial charge in [-0.3, -0.25) is 0 Å². The fraction of sp³-hybridized carbons (Fsp3) is 1.00. The molecule has 50 valence electrons. The van der Waals surface area contributed by atoms with E-state index in [9.17, 15) is 0 Å². The molecule has 0 aromatic carbocycles. The summed E-state index contributed by atoms with van der Waals surface area (Å²) >= 11 is 5.00. The van der Waals surface area contributed by atoms with Crippen molar-refractivity contribution in [2.75, 3.05) is 18.1 Å². The van der Waals surface area contributed by atoms with Gasteiger partial charge in [0, 0.05) is 5.75 Å². The maximum Gasteiger partial charge on any atom is 0.0524 e. The van der Waals surface area contributed by atoms with Crippen LogP contribution in [0.3, 0.4) is 0 Å². The number of hydrogen-bond donors (Lipinski definition) is 1. The Morgan fingerprint density at radius 3 is 2.50 bits per heavy atom. The Balaban J connectivity index is 3.06. The molecule has 0 heterocycles. The van der Waals surface area contributed by atoms with Crippen LogP contribution in [0.2, 0.25) is 0 Å². The van der Waals surface area contributed by atoms with E-state index >= 15 is 0 Å². The first-order chi connectivity index (χ1) is 3.81. The summed E-state index contributed by atoms with van der Waals surface area (Å²) < 4.78 is 0. The molecule has 0 aliphatic rings. The van der Waals surface area contributed by atoms with Crippen molar-refractivity contribution in [3.05, 3.63) is 0 Å². The van der Waals surface area contributed by atoms with Crippen LogP contribution in [0, 0.1) is 0 Å². The zero-order valence-corrected chi connectivity index (χ0v) is 6.73. The SMILES string of the molecule is CCCS(=S)CCO. The summed E-state index contributed by atoms with van der Waals surface area (Å²) in [5.41, 5.74) is 0. The first-order valence-electron chi connectivity index (χ1n) is 2.77. The molecular formula is C5H12OS2. The van der Waals surface area contributed by atoms with E-state index in [1.807, 2.05) is 0 Å². The highest BCUT2D eigenvalue weighted by molar-refractivity contribution is 8.28. The average molecular weight is 152 g/mol. The minimum atomic E-state index is 0.0633. The molecule has 0 spiro atoms. The van der Waals surface area contributed by atoms with Gasteiger partial charge in [0.05, 0.1) is 6.61 Å². The molecule has 0 radical (unpaired) electrons. The standard InChI is InChI=1S/C5H12OS2/c1-2-4-8(7)5-3-6/h6H,2-5H2,1H3. The maximum atomic E-state index is 8.40. The zero-order valence-electron chi connectivity index (χ0n) is 5.09. The van der Waals surface area contributed by atoms with Gasteiger partial charge in [0.15, 0.2) is 0 Å². The summed E-state index contributed by atoms with van der Waals surface area (Å²) in [7, 11) is 0.0633. The molecular weight excluding hydrogens is 140 g/mol. The molecule has 0 fully saturated rings. The molecule has 3 heteroatoms. The quantitative estimate of drug-likeness (QED) is 0.632. The Hall–Kier alpha value is 0.530. The van der Waals surface area contributed by atoms with Crippen LogP contribution in [0.25, 0.3) is 0 Å². The third kappa shape index (κ3) is 4.68. The molecule has 0 aromatic heterocycles. The van der Waals surface area contributed by atoms with Gasteiger partial charge in [0.1, 0.15) is 0 Å². The molecule has 0 bridgehead atoms. The molecule has 0 aromatic rings.